The largest absolute Gasteiger partial charge is 0.418 e. The third-order valence-corrected chi connectivity index (χ3v) is 4.13. The summed E-state index contributed by atoms with van der Waals surface area (Å²) in [6.45, 7) is 2.06. The molecule has 0 aliphatic carbocycles. The van der Waals surface area contributed by atoms with Gasteiger partial charge in [0.25, 0.3) is 5.91 Å². The fourth-order valence-electron chi connectivity index (χ4n) is 2.66. The number of hydrogen-bond donors (Lipinski definition) is 2. The predicted octanol–water partition coefficient (Wildman–Crippen LogP) is 5.66. The molecule has 0 fully saturated rings. The Labute approximate surface area is 160 Å². The molecule has 0 saturated heterocycles. The van der Waals surface area contributed by atoms with Gasteiger partial charge >= 0.3 is 6.18 Å². The quantitative estimate of drug-likeness (QED) is 0.596. The summed E-state index contributed by atoms with van der Waals surface area (Å²) in [4.78, 5) is 16.4. The van der Waals surface area contributed by atoms with Gasteiger partial charge in [-0.2, -0.15) is 13.2 Å². The van der Waals surface area contributed by atoms with Gasteiger partial charge in [0.2, 0.25) is 0 Å². The van der Waals surface area contributed by atoms with Crippen LogP contribution in [0, 0.1) is 0 Å². The maximum Gasteiger partial charge on any atom is 0.418 e. The fraction of sp³-hybridized carbons (Fsp3) is 0.143. The van der Waals surface area contributed by atoms with E-state index in [0.717, 1.165) is 18.2 Å². The molecule has 0 atom stereocenters. The number of pyridine rings is 1. The van der Waals surface area contributed by atoms with Crippen LogP contribution in [-0.4, -0.2) is 10.9 Å². The third kappa shape index (κ3) is 4.68. The van der Waals surface area contributed by atoms with Crippen molar-refractivity contribution in [3.8, 4) is 0 Å². The van der Waals surface area contributed by atoms with E-state index in [-0.39, 0.29) is 11.3 Å². The molecule has 1 aromatic heterocycles. The molecule has 3 aromatic rings. The standard InChI is InChI=1S/C21H18F3N3O/c1-2-14-7-9-16(10-8-14)26-17-11-15(12-25-13-17)20(28)27-19-6-4-3-5-18(19)21(22,23)24/h3-13,26H,2H2,1H3,(H,27,28). The topological polar surface area (TPSA) is 54.0 Å². The number of benzene rings is 2. The maximum atomic E-state index is 13.1. The summed E-state index contributed by atoms with van der Waals surface area (Å²) in [5.74, 6) is -0.672. The van der Waals surface area contributed by atoms with Crippen LogP contribution in [0.15, 0.2) is 67.0 Å². The van der Waals surface area contributed by atoms with E-state index >= 15 is 0 Å². The van der Waals surface area contributed by atoms with E-state index in [0.29, 0.717) is 5.69 Å². The molecule has 0 spiro atoms. The van der Waals surface area contributed by atoms with Gasteiger partial charge in [0.1, 0.15) is 0 Å². The molecule has 0 saturated carbocycles. The number of halogens is 3. The first-order chi connectivity index (χ1) is 13.4. The molecule has 0 radical (unpaired) electrons. The lowest BCUT2D eigenvalue weighted by molar-refractivity contribution is -0.136. The first-order valence-electron chi connectivity index (χ1n) is 8.65. The second-order valence-corrected chi connectivity index (χ2v) is 6.14. The van der Waals surface area contributed by atoms with Crippen LogP contribution in [0.4, 0.5) is 30.2 Å². The zero-order valence-corrected chi connectivity index (χ0v) is 15.0. The SMILES string of the molecule is CCc1ccc(Nc2cncc(C(=O)Nc3ccccc3C(F)(F)F)c2)cc1. The van der Waals surface area contributed by atoms with Gasteiger partial charge in [0.15, 0.2) is 0 Å². The Bertz CT molecular complexity index is 969. The number of amides is 1. The highest BCUT2D eigenvalue weighted by atomic mass is 19.4. The molecule has 0 bridgehead atoms. The van der Waals surface area contributed by atoms with Crippen molar-refractivity contribution >= 4 is 23.0 Å². The van der Waals surface area contributed by atoms with E-state index in [1.165, 1.54) is 42.2 Å². The minimum atomic E-state index is -4.56. The highest BCUT2D eigenvalue weighted by Crippen LogP contribution is 2.34. The van der Waals surface area contributed by atoms with Crippen LogP contribution in [0.5, 0.6) is 0 Å². The molecule has 0 aliphatic rings. The van der Waals surface area contributed by atoms with Crippen molar-refractivity contribution in [1.29, 1.82) is 0 Å². The van der Waals surface area contributed by atoms with Crippen LogP contribution in [0.3, 0.4) is 0 Å². The second-order valence-electron chi connectivity index (χ2n) is 6.14. The fourth-order valence-corrected chi connectivity index (χ4v) is 2.66. The van der Waals surface area contributed by atoms with Crippen molar-refractivity contribution in [2.24, 2.45) is 0 Å². The third-order valence-electron chi connectivity index (χ3n) is 4.13. The van der Waals surface area contributed by atoms with Gasteiger partial charge < -0.3 is 10.6 Å². The first kappa shape index (κ1) is 19.4. The average Bonchev–Trinajstić information content (AvgIpc) is 2.68. The van der Waals surface area contributed by atoms with Gasteiger partial charge in [-0.15, -0.1) is 0 Å². The number of nitrogens with one attached hydrogen (secondary N) is 2. The van der Waals surface area contributed by atoms with Gasteiger partial charge in [0, 0.05) is 11.9 Å². The van der Waals surface area contributed by atoms with Crippen LogP contribution >= 0.6 is 0 Å². The Balaban J connectivity index is 1.77. The Hall–Kier alpha value is -3.35. The summed E-state index contributed by atoms with van der Waals surface area (Å²) < 4.78 is 39.3. The van der Waals surface area contributed by atoms with Crippen molar-refractivity contribution in [2.75, 3.05) is 10.6 Å². The number of alkyl halides is 3. The maximum absolute atomic E-state index is 13.1. The minimum absolute atomic E-state index is 0.146. The molecular weight excluding hydrogens is 367 g/mol. The van der Waals surface area contributed by atoms with E-state index < -0.39 is 17.6 Å². The van der Waals surface area contributed by atoms with Crippen molar-refractivity contribution in [3.63, 3.8) is 0 Å². The number of aryl methyl sites for hydroxylation is 1. The lowest BCUT2D eigenvalue weighted by Gasteiger charge is -2.14. The molecule has 7 heteroatoms. The van der Waals surface area contributed by atoms with Crippen LogP contribution in [0.25, 0.3) is 0 Å². The molecule has 1 heterocycles. The molecule has 3 rings (SSSR count). The number of anilines is 3. The minimum Gasteiger partial charge on any atom is -0.354 e. The summed E-state index contributed by atoms with van der Waals surface area (Å²) in [5.41, 5.74) is 1.52. The highest BCUT2D eigenvalue weighted by Gasteiger charge is 2.33. The summed E-state index contributed by atoms with van der Waals surface area (Å²) in [6.07, 6.45) is -0.794. The van der Waals surface area contributed by atoms with Crippen LogP contribution < -0.4 is 10.6 Å². The molecule has 2 aromatic carbocycles. The molecule has 1 amide bonds. The summed E-state index contributed by atoms with van der Waals surface area (Å²) in [6, 6.07) is 14.2. The average molecular weight is 385 g/mol. The molecule has 4 nitrogen and oxygen atoms in total. The molecule has 2 N–H and O–H groups in total. The van der Waals surface area contributed by atoms with Gasteiger partial charge in [-0.25, -0.2) is 0 Å². The van der Waals surface area contributed by atoms with Gasteiger partial charge in [0.05, 0.1) is 28.7 Å². The second kappa shape index (κ2) is 8.12. The zero-order chi connectivity index (χ0) is 20.1. The number of nitrogens with zero attached hydrogens (tertiary/aromatic N) is 1. The van der Waals surface area contributed by atoms with Gasteiger partial charge in [-0.05, 0) is 42.3 Å². The summed E-state index contributed by atoms with van der Waals surface area (Å²) >= 11 is 0. The van der Waals surface area contributed by atoms with E-state index in [9.17, 15) is 18.0 Å². The van der Waals surface area contributed by atoms with Gasteiger partial charge in [-0.3, -0.25) is 9.78 Å². The zero-order valence-electron chi connectivity index (χ0n) is 15.0. The van der Waals surface area contributed by atoms with E-state index in [1.807, 2.05) is 24.3 Å². The number of carbonyl (C=O) groups excluding carboxylic acids is 1. The number of aromatic nitrogens is 1. The predicted molar refractivity (Wildman–Crippen MR) is 103 cm³/mol. The molecular formula is C21H18F3N3O. The molecule has 0 unspecified atom stereocenters. The highest BCUT2D eigenvalue weighted by molar-refractivity contribution is 6.05. The van der Waals surface area contributed by atoms with E-state index in [2.05, 4.69) is 22.5 Å². The van der Waals surface area contributed by atoms with Crippen LogP contribution in [0.2, 0.25) is 0 Å². The van der Waals surface area contributed by atoms with Crippen LogP contribution in [-0.2, 0) is 12.6 Å². The number of carbonyl (C=O) groups is 1. The molecule has 28 heavy (non-hydrogen) atoms. The van der Waals surface area contributed by atoms with Crippen molar-refractivity contribution in [2.45, 2.75) is 19.5 Å². The lowest BCUT2D eigenvalue weighted by atomic mass is 10.1. The Morgan fingerprint density at radius 3 is 2.39 bits per heavy atom. The summed E-state index contributed by atoms with van der Waals surface area (Å²) in [7, 11) is 0. The monoisotopic (exact) mass is 385 g/mol. The number of rotatable bonds is 5. The Kier molecular flexibility index (Phi) is 5.63. The van der Waals surface area contributed by atoms with Gasteiger partial charge in [-0.1, -0.05) is 31.2 Å². The van der Waals surface area contributed by atoms with Crippen molar-refractivity contribution < 1.29 is 18.0 Å². The van der Waals surface area contributed by atoms with Crippen molar-refractivity contribution in [3.05, 3.63) is 83.7 Å². The Morgan fingerprint density at radius 2 is 1.71 bits per heavy atom. The summed E-state index contributed by atoms with van der Waals surface area (Å²) in [5, 5.41) is 5.44. The molecule has 0 aliphatic heterocycles. The smallest absolute Gasteiger partial charge is 0.354 e. The van der Waals surface area contributed by atoms with Crippen LogP contribution in [0.1, 0.15) is 28.4 Å². The normalized spacial score (nSPS) is 11.1. The number of hydrogen-bond acceptors (Lipinski definition) is 3. The first-order valence-corrected chi connectivity index (χ1v) is 8.65. The van der Waals surface area contributed by atoms with Crippen molar-refractivity contribution in [1.82, 2.24) is 4.98 Å². The van der Waals surface area contributed by atoms with E-state index in [1.54, 1.807) is 0 Å². The lowest BCUT2D eigenvalue weighted by Crippen LogP contribution is -2.17. The van der Waals surface area contributed by atoms with E-state index in [4.69, 9.17) is 0 Å². The Morgan fingerprint density at radius 1 is 1.00 bits per heavy atom. The molecule has 144 valence electrons. The number of para-hydroxylation sites is 1.